The van der Waals surface area contributed by atoms with Crippen molar-refractivity contribution in [3.63, 3.8) is 0 Å². The molecule has 0 saturated carbocycles. The SMILES string of the molecule is Cc1ccc(CNc2cc([N+](=O)[O-])c(F)cc2F)c(C)c1. The summed E-state index contributed by atoms with van der Waals surface area (Å²) < 4.78 is 26.9. The van der Waals surface area contributed by atoms with E-state index in [1.165, 1.54) is 0 Å². The zero-order chi connectivity index (χ0) is 15.6. The molecule has 0 saturated heterocycles. The Hall–Kier alpha value is -2.50. The molecule has 6 heteroatoms. The average molecular weight is 292 g/mol. The smallest absolute Gasteiger partial charge is 0.307 e. The van der Waals surface area contributed by atoms with Crippen molar-refractivity contribution in [2.45, 2.75) is 20.4 Å². The van der Waals surface area contributed by atoms with Crippen molar-refractivity contribution >= 4 is 11.4 Å². The first-order valence-corrected chi connectivity index (χ1v) is 6.32. The Morgan fingerprint density at radius 3 is 2.48 bits per heavy atom. The van der Waals surface area contributed by atoms with Crippen LogP contribution in [0.3, 0.4) is 0 Å². The number of nitro benzene ring substituents is 1. The van der Waals surface area contributed by atoms with Crippen LogP contribution in [-0.2, 0) is 6.54 Å². The van der Waals surface area contributed by atoms with Crippen molar-refractivity contribution in [2.75, 3.05) is 5.32 Å². The Labute approximate surface area is 120 Å². The number of halogens is 2. The lowest BCUT2D eigenvalue weighted by Crippen LogP contribution is -2.05. The van der Waals surface area contributed by atoms with Crippen LogP contribution in [0.2, 0.25) is 0 Å². The standard InChI is InChI=1S/C15H14F2N2O2/c1-9-3-4-11(10(2)5-9)8-18-14-7-15(19(20)21)13(17)6-12(14)16/h3-7,18H,8H2,1-2H3. The van der Waals surface area contributed by atoms with Gasteiger partial charge in [0.2, 0.25) is 5.82 Å². The maximum absolute atomic E-state index is 13.6. The van der Waals surface area contributed by atoms with Crippen LogP contribution in [0.15, 0.2) is 30.3 Å². The molecule has 0 atom stereocenters. The molecule has 0 heterocycles. The van der Waals surface area contributed by atoms with Crippen LogP contribution in [0.4, 0.5) is 20.2 Å². The summed E-state index contributed by atoms with van der Waals surface area (Å²) in [7, 11) is 0. The van der Waals surface area contributed by atoms with Crippen molar-refractivity contribution in [3.8, 4) is 0 Å². The first-order chi connectivity index (χ1) is 9.88. The highest BCUT2D eigenvalue weighted by Crippen LogP contribution is 2.25. The molecule has 4 nitrogen and oxygen atoms in total. The predicted molar refractivity (Wildman–Crippen MR) is 76.3 cm³/mol. The van der Waals surface area contributed by atoms with Crippen molar-refractivity contribution in [3.05, 3.63) is 68.8 Å². The second-order valence-corrected chi connectivity index (χ2v) is 4.82. The molecule has 110 valence electrons. The molecule has 0 spiro atoms. The molecule has 2 aromatic carbocycles. The molecule has 0 unspecified atom stereocenters. The van der Waals surface area contributed by atoms with Crippen LogP contribution < -0.4 is 5.32 Å². The minimum Gasteiger partial charge on any atom is -0.378 e. The van der Waals surface area contributed by atoms with E-state index in [0.717, 1.165) is 22.8 Å². The number of benzene rings is 2. The minimum atomic E-state index is -1.19. The maximum Gasteiger partial charge on any atom is 0.307 e. The van der Waals surface area contributed by atoms with Crippen LogP contribution in [0.25, 0.3) is 0 Å². The van der Waals surface area contributed by atoms with Gasteiger partial charge in [0, 0.05) is 18.7 Å². The number of anilines is 1. The Balaban J connectivity index is 2.23. The molecular weight excluding hydrogens is 278 g/mol. The summed E-state index contributed by atoms with van der Waals surface area (Å²) in [6.07, 6.45) is 0. The maximum atomic E-state index is 13.6. The highest BCUT2D eigenvalue weighted by molar-refractivity contribution is 5.53. The van der Waals surface area contributed by atoms with Gasteiger partial charge in [-0.25, -0.2) is 4.39 Å². The normalized spacial score (nSPS) is 10.5. The summed E-state index contributed by atoms with van der Waals surface area (Å²) in [6, 6.07) is 7.19. The van der Waals surface area contributed by atoms with E-state index in [0.29, 0.717) is 12.6 Å². The third-order valence-corrected chi connectivity index (χ3v) is 3.20. The summed E-state index contributed by atoms with van der Waals surface area (Å²) in [5.41, 5.74) is 2.23. The number of hydrogen-bond acceptors (Lipinski definition) is 3. The monoisotopic (exact) mass is 292 g/mol. The van der Waals surface area contributed by atoms with Gasteiger partial charge in [-0.2, -0.15) is 4.39 Å². The first-order valence-electron chi connectivity index (χ1n) is 6.32. The van der Waals surface area contributed by atoms with Crippen LogP contribution in [-0.4, -0.2) is 4.92 Å². The summed E-state index contributed by atoms with van der Waals surface area (Å²) in [4.78, 5) is 9.79. The molecule has 0 radical (unpaired) electrons. The summed E-state index contributed by atoms with van der Waals surface area (Å²) in [6.45, 7) is 4.19. The van der Waals surface area contributed by atoms with E-state index in [4.69, 9.17) is 0 Å². The van der Waals surface area contributed by atoms with E-state index in [9.17, 15) is 18.9 Å². The summed E-state index contributed by atoms with van der Waals surface area (Å²) in [5, 5.41) is 13.4. The quantitative estimate of drug-likeness (QED) is 0.681. The fourth-order valence-corrected chi connectivity index (χ4v) is 2.05. The van der Waals surface area contributed by atoms with Gasteiger partial charge >= 0.3 is 5.69 Å². The molecule has 0 aliphatic carbocycles. The van der Waals surface area contributed by atoms with Crippen LogP contribution in [0, 0.1) is 35.6 Å². The first kappa shape index (κ1) is 14.9. The second-order valence-electron chi connectivity index (χ2n) is 4.82. The number of nitrogens with zero attached hydrogens (tertiary/aromatic N) is 1. The lowest BCUT2D eigenvalue weighted by molar-refractivity contribution is -0.387. The zero-order valence-corrected chi connectivity index (χ0v) is 11.6. The molecule has 0 aromatic heterocycles. The zero-order valence-electron chi connectivity index (χ0n) is 11.6. The average Bonchev–Trinajstić information content (AvgIpc) is 2.39. The highest BCUT2D eigenvalue weighted by atomic mass is 19.1. The molecule has 21 heavy (non-hydrogen) atoms. The molecule has 1 N–H and O–H groups in total. The van der Waals surface area contributed by atoms with E-state index in [1.807, 2.05) is 32.0 Å². The van der Waals surface area contributed by atoms with Crippen molar-refractivity contribution < 1.29 is 13.7 Å². The lowest BCUT2D eigenvalue weighted by atomic mass is 10.1. The molecule has 0 amide bonds. The number of rotatable bonds is 4. The Kier molecular flexibility index (Phi) is 4.16. The van der Waals surface area contributed by atoms with Crippen LogP contribution >= 0.6 is 0 Å². The van der Waals surface area contributed by atoms with Gasteiger partial charge in [-0.15, -0.1) is 0 Å². The summed E-state index contributed by atoms with van der Waals surface area (Å²) in [5.74, 6) is -2.04. The Morgan fingerprint density at radius 1 is 1.14 bits per heavy atom. The molecule has 2 aromatic rings. The number of nitrogens with one attached hydrogen (secondary N) is 1. The van der Waals surface area contributed by atoms with Crippen LogP contribution in [0.5, 0.6) is 0 Å². The van der Waals surface area contributed by atoms with Crippen molar-refractivity contribution in [2.24, 2.45) is 0 Å². The molecule has 2 rings (SSSR count). The van der Waals surface area contributed by atoms with Gasteiger partial charge < -0.3 is 5.32 Å². The third-order valence-electron chi connectivity index (χ3n) is 3.20. The van der Waals surface area contributed by atoms with Gasteiger partial charge in [-0.3, -0.25) is 10.1 Å². The highest BCUT2D eigenvalue weighted by Gasteiger charge is 2.18. The van der Waals surface area contributed by atoms with Crippen molar-refractivity contribution in [1.29, 1.82) is 0 Å². The van der Waals surface area contributed by atoms with Gasteiger partial charge in [0.15, 0.2) is 0 Å². The van der Waals surface area contributed by atoms with E-state index in [2.05, 4.69) is 5.32 Å². The molecule has 0 aliphatic heterocycles. The van der Waals surface area contributed by atoms with Gasteiger partial charge in [0.25, 0.3) is 0 Å². The Morgan fingerprint density at radius 2 is 1.86 bits per heavy atom. The third kappa shape index (κ3) is 3.34. The van der Waals surface area contributed by atoms with Crippen LogP contribution in [0.1, 0.15) is 16.7 Å². The van der Waals surface area contributed by atoms with E-state index >= 15 is 0 Å². The topological polar surface area (TPSA) is 55.2 Å². The van der Waals surface area contributed by atoms with Gasteiger partial charge in [0.05, 0.1) is 10.6 Å². The van der Waals surface area contributed by atoms with E-state index in [1.54, 1.807) is 0 Å². The lowest BCUT2D eigenvalue weighted by Gasteiger charge is -2.10. The molecular formula is C15H14F2N2O2. The van der Waals surface area contributed by atoms with Gasteiger partial charge in [0.1, 0.15) is 5.82 Å². The number of hydrogen-bond donors (Lipinski definition) is 1. The second kappa shape index (κ2) is 5.87. The minimum absolute atomic E-state index is 0.0944. The fourth-order valence-electron chi connectivity index (χ4n) is 2.05. The van der Waals surface area contributed by atoms with E-state index < -0.39 is 22.2 Å². The number of aryl methyl sites for hydroxylation is 2. The Bertz CT molecular complexity index is 702. The molecule has 0 aliphatic rings. The fraction of sp³-hybridized carbons (Fsp3) is 0.200. The predicted octanol–water partition coefficient (Wildman–Crippen LogP) is 4.10. The summed E-state index contributed by atoms with van der Waals surface area (Å²) >= 11 is 0. The van der Waals surface area contributed by atoms with Crippen molar-refractivity contribution in [1.82, 2.24) is 0 Å². The number of nitro groups is 1. The van der Waals surface area contributed by atoms with Gasteiger partial charge in [-0.05, 0) is 25.0 Å². The largest absolute Gasteiger partial charge is 0.378 e. The van der Waals surface area contributed by atoms with E-state index in [-0.39, 0.29) is 5.69 Å². The molecule has 0 fully saturated rings. The van der Waals surface area contributed by atoms with Gasteiger partial charge in [-0.1, -0.05) is 23.8 Å². The molecule has 0 bridgehead atoms.